The lowest BCUT2D eigenvalue weighted by Gasteiger charge is -2.12. The first-order valence-corrected chi connectivity index (χ1v) is 5.57. The number of rotatable bonds is 2. The highest BCUT2D eigenvalue weighted by atomic mass is 14.9. The summed E-state index contributed by atoms with van der Waals surface area (Å²) in [5, 5.41) is 3.47. The predicted molar refractivity (Wildman–Crippen MR) is 70.4 cm³/mol. The summed E-state index contributed by atoms with van der Waals surface area (Å²) in [6.45, 7) is 6.37. The monoisotopic (exact) mass is 211 g/mol. The Kier molecular flexibility index (Phi) is 2.95. The van der Waals surface area contributed by atoms with Crippen LogP contribution in [0.3, 0.4) is 0 Å². The van der Waals surface area contributed by atoms with Crippen molar-refractivity contribution in [2.75, 3.05) is 5.32 Å². The van der Waals surface area contributed by atoms with Crippen molar-refractivity contribution in [1.29, 1.82) is 0 Å². The Bertz CT molecular complexity index is 501. The van der Waals surface area contributed by atoms with Crippen molar-refractivity contribution < 1.29 is 0 Å². The lowest BCUT2D eigenvalue weighted by Crippen LogP contribution is -1.95. The molecule has 0 amide bonds. The summed E-state index contributed by atoms with van der Waals surface area (Å²) >= 11 is 0. The van der Waals surface area contributed by atoms with Gasteiger partial charge in [0.05, 0.1) is 0 Å². The van der Waals surface area contributed by atoms with Crippen molar-refractivity contribution in [1.82, 2.24) is 0 Å². The van der Waals surface area contributed by atoms with E-state index in [-0.39, 0.29) is 0 Å². The molecule has 0 spiro atoms. The number of aryl methyl sites for hydroxylation is 3. The van der Waals surface area contributed by atoms with Crippen LogP contribution in [0.5, 0.6) is 0 Å². The van der Waals surface area contributed by atoms with Gasteiger partial charge >= 0.3 is 0 Å². The summed E-state index contributed by atoms with van der Waals surface area (Å²) in [7, 11) is 0. The number of hydrogen-bond donors (Lipinski definition) is 1. The zero-order chi connectivity index (χ0) is 11.5. The van der Waals surface area contributed by atoms with E-state index < -0.39 is 0 Å². The summed E-state index contributed by atoms with van der Waals surface area (Å²) in [6.07, 6.45) is 0. The molecule has 1 nitrogen and oxygen atoms in total. The fourth-order valence-electron chi connectivity index (χ4n) is 1.81. The minimum absolute atomic E-state index is 1.18. The Morgan fingerprint density at radius 2 is 1.44 bits per heavy atom. The lowest BCUT2D eigenvalue weighted by molar-refractivity contribution is 1.35. The quantitative estimate of drug-likeness (QED) is 0.778. The van der Waals surface area contributed by atoms with Crippen LogP contribution in [0.1, 0.15) is 16.7 Å². The van der Waals surface area contributed by atoms with E-state index >= 15 is 0 Å². The van der Waals surface area contributed by atoms with E-state index in [4.69, 9.17) is 0 Å². The molecule has 0 bridgehead atoms. The van der Waals surface area contributed by atoms with Crippen molar-refractivity contribution in [3.05, 3.63) is 59.2 Å². The standard InChI is InChI=1S/C15H17N/c1-11-8-9-15(13(3)10-11)16-14-7-5-4-6-12(14)2/h4-10,16H,1-3H3. The molecule has 0 fully saturated rings. The van der Waals surface area contributed by atoms with Crippen molar-refractivity contribution in [2.24, 2.45) is 0 Å². The average molecular weight is 211 g/mol. The number of nitrogens with one attached hydrogen (secondary N) is 1. The third-order valence-corrected chi connectivity index (χ3v) is 2.80. The minimum atomic E-state index is 1.18. The third-order valence-electron chi connectivity index (χ3n) is 2.80. The predicted octanol–water partition coefficient (Wildman–Crippen LogP) is 4.36. The Balaban J connectivity index is 2.31. The molecule has 0 aromatic heterocycles. The molecule has 1 heteroatoms. The maximum absolute atomic E-state index is 3.47. The van der Waals surface area contributed by atoms with Crippen molar-refractivity contribution >= 4 is 11.4 Å². The van der Waals surface area contributed by atoms with Crippen LogP contribution in [-0.2, 0) is 0 Å². The molecular formula is C15H17N. The van der Waals surface area contributed by atoms with Gasteiger partial charge in [-0.3, -0.25) is 0 Å². The van der Waals surface area contributed by atoms with Crippen molar-refractivity contribution in [2.45, 2.75) is 20.8 Å². The van der Waals surface area contributed by atoms with Crippen LogP contribution in [0, 0.1) is 20.8 Å². The van der Waals surface area contributed by atoms with Crippen LogP contribution in [0.2, 0.25) is 0 Å². The smallest absolute Gasteiger partial charge is 0.0414 e. The van der Waals surface area contributed by atoms with E-state index in [0.717, 1.165) is 0 Å². The number of benzene rings is 2. The molecule has 0 aliphatic carbocycles. The molecule has 0 saturated heterocycles. The number of anilines is 2. The second-order valence-corrected chi connectivity index (χ2v) is 4.26. The topological polar surface area (TPSA) is 12.0 Å². The second kappa shape index (κ2) is 4.40. The zero-order valence-corrected chi connectivity index (χ0v) is 10.0. The molecule has 2 rings (SSSR count). The van der Waals surface area contributed by atoms with Gasteiger partial charge in [-0.15, -0.1) is 0 Å². The normalized spacial score (nSPS) is 10.2. The van der Waals surface area contributed by atoms with Gasteiger partial charge in [0.2, 0.25) is 0 Å². The van der Waals surface area contributed by atoms with Gasteiger partial charge in [0.1, 0.15) is 0 Å². The van der Waals surface area contributed by atoms with Crippen LogP contribution in [0.15, 0.2) is 42.5 Å². The first-order chi connectivity index (χ1) is 7.66. The highest BCUT2D eigenvalue weighted by molar-refractivity contribution is 5.65. The number of hydrogen-bond acceptors (Lipinski definition) is 1. The van der Waals surface area contributed by atoms with Crippen LogP contribution in [0.25, 0.3) is 0 Å². The molecule has 0 aliphatic rings. The maximum Gasteiger partial charge on any atom is 0.0414 e. The molecule has 0 atom stereocenters. The van der Waals surface area contributed by atoms with Crippen molar-refractivity contribution in [3.8, 4) is 0 Å². The van der Waals surface area contributed by atoms with Gasteiger partial charge in [-0.05, 0) is 44.0 Å². The molecule has 1 N–H and O–H groups in total. The van der Waals surface area contributed by atoms with Crippen LogP contribution in [0.4, 0.5) is 11.4 Å². The fourth-order valence-corrected chi connectivity index (χ4v) is 1.81. The Hall–Kier alpha value is -1.76. The summed E-state index contributed by atoms with van der Waals surface area (Å²) in [6, 6.07) is 14.8. The summed E-state index contributed by atoms with van der Waals surface area (Å²) in [5.74, 6) is 0. The average Bonchev–Trinajstić information content (AvgIpc) is 2.25. The third kappa shape index (κ3) is 2.25. The molecule has 0 aliphatic heterocycles. The molecule has 0 unspecified atom stereocenters. The fraction of sp³-hybridized carbons (Fsp3) is 0.200. The van der Waals surface area contributed by atoms with Crippen LogP contribution >= 0.6 is 0 Å². The molecule has 2 aromatic rings. The minimum Gasteiger partial charge on any atom is -0.355 e. The van der Waals surface area contributed by atoms with Gasteiger partial charge in [-0.1, -0.05) is 35.9 Å². The second-order valence-electron chi connectivity index (χ2n) is 4.26. The van der Waals surface area contributed by atoms with E-state index in [9.17, 15) is 0 Å². The largest absolute Gasteiger partial charge is 0.355 e. The Labute approximate surface area is 97.1 Å². The lowest BCUT2D eigenvalue weighted by atomic mass is 10.1. The van der Waals surface area contributed by atoms with Crippen LogP contribution in [-0.4, -0.2) is 0 Å². The van der Waals surface area contributed by atoms with E-state index in [1.165, 1.54) is 28.1 Å². The summed E-state index contributed by atoms with van der Waals surface area (Å²) < 4.78 is 0. The van der Waals surface area contributed by atoms with Gasteiger partial charge in [0, 0.05) is 11.4 Å². The van der Waals surface area contributed by atoms with Gasteiger partial charge in [0.25, 0.3) is 0 Å². The van der Waals surface area contributed by atoms with Gasteiger partial charge in [-0.25, -0.2) is 0 Å². The summed E-state index contributed by atoms with van der Waals surface area (Å²) in [4.78, 5) is 0. The molecule has 0 saturated carbocycles. The zero-order valence-electron chi connectivity index (χ0n) is 10.0. The molecule has 16 heavy (non-hydrogen) atoms. The first-order valence-electron chi connectivity index (χ1n) is 5.57. The van der Waals surface area contributed by atoms with Gasteiger partial charge in [-0.2, -0.15) is 0 Å². The van der Waals surface area contributed by atoms with Gasteiger partial charge in [0.15, 0.2) is 0 Å². The Morgan fingerprint density at radius 1 is 0.750 bits per heavy atom. The van der Waals surface area contributed by atoms with E-state index in [1.807, 2.05) is 0 Å². The van der Waals surface area contributed by atoms with E-state index in [0.29, 0.717) is 0 Å². The van der Waals surface area contributed by atoms with E-state index in [2.05, 4.69) is 68.6 Å². The molecule has 82 valence electrons. The highest BCUT2D eigenvalue weighted by Crippen LogP contribution is 2.23. The Morgan fingerprint density at radius 3 is 2.12 bits per heavy atom. The van der Waals surface area contributed by atoms with E-state index in [1.54, 1.807) is 0 Å². The highest BCUT2D eigenvalue weighted by Gasteiger charge is 2.00. The number of para-hydroxylation sites is 1. The molecular weight excluding hydrogens is 194 g/mol. The van der Waals surface area contributed by atoms with Crippen LogP contribution < -0.4 is 5.32 Å². The maximum atomic E-state index is 3.47. The first kappa shape index (κ1) is 10.7. The summed E-state index contributed by atoms with van der Waals surface area (Å²) in [5.41, 5.74) is 6.20. The molecule has 2 aromatic carbocycles. The SMILES string of the molecule is Cc1ccc(Nc2ccccc2C)c(C)c1. The molecule has 0 radical (unpaired) electrons. The van der Waals surface area contributed by atoms with Crippen molar-refractivity contribution in [3.63, 3.8) is 0 Å². The van der Waals surface area contributed by atoms with Gasteiger partial charge < -0.3 is 5.32 Å². The molecule has 0 heterocycles.